The highest BCUT2D eigenvalue weighted by atomic mass is 15.3. The summed E-state index contributed by atoms with van der Waals surface area (Å²) < 4.78 is 11.5. The summed E-state index contributed by atoms with van der Waals surface area (Å²) in [6.07, 6.45) is 21.4. The van der Waals surface area contributed by atoms with E-state index in [1.807, 2.05) is 149 Å². The summed E-state index contributed by atoms with van der Waals surface area (Å²) >= 11 is 0. The van der Waals surface area contributed by atoms with E-state index in [2.05, 4.69) is 193 Å². The lowest BCUT2D eigenvalue weighted by Gasteiger charge is -2.24. The molecule has 0 fully saturated rings. The maximum Gasteiger partial charge on any atom is 0.242 e. The molecule has 0 atom stereocenters. The predicted octanol–water partition coefficient (Wildman–Crippen LogP) is 22.9. The summed E-state index contributed by atoms with van der Waals surface area (Å²) in [5.41, 5.74) is 25.7. The van der Waals surface area contributed by atoms with Crippen molar-refractivity contribution >= 4 is 132 Å². The fourth-order valence-corrected chi connectivity index (χ4v) is 21.9. The van der Waals surface area contributed by atoms with Gasteiger partial charge in [-0.05, 0) is 224 Å². The third kappa shape index (κ3) is 12.0. The highest BCUT2D eigenvalue weighted by molar-refractivity contribution is 6.11. The number of nitrogens with zero attached hydrogens (tertiary/aromatic N) is 27. The molecule has 666 valence electrons. The summed E-state index contributed by atoms with van der Waals surface area (Å²) in [7, 11) is 0. The lowest BCUT2D eigenvalue weighted by atomic mass is 9.80. The number of rotatable bonds is 9. The van der Waals surface area contributed by atoms with Crippen LogP contribution in [0.1, 0.15) is 74.9 Å². The molecule has 27 heteroatoms. The van der Waals surface area contributed by atoms with Crippen LogP contribution in [-0.4, -0.2) is 132 Å². The average Bonchev–Trinajstić information content (AvgIpc) is 1.51. The lowest BCUT2D eigenvalue weighted by molar-refractivity contribution is 0.660. The van der Waals surface area contributed by atoms with Crippen molar-refractivity contribution in [2.45, 2.75) is 57.8 Å². The van der Waals surface area contributed by atoms with E-state index in [0.717, 1.165) is 81.3 Å². The summed E-state index contributed by atoms with van der Waals surface area (Å²) in [5.74, 6) is 4.06. The van der Waals surface area contributed by atoms with Gasteiger partial charge in [0.15, 0.2) is 17.5 Å². The minimum absolute atomic E-state index is 0.111. The van der Waals surface area contributed by atoms with Crippen molar-refractivity contribution in [2.24, 2.45) is 0 Å². The van der Waals surface area contributed by atoms with Crippen LogP contribution in [0.4, 0.5) is 0 Å². The monoisotopic (exact) mass is 1820 g/mol. The number of hydrogen-bond donors (Lipinski definition) is 0. The number of benzene rings is 6. The highest BCUT2D eigenvalue weighted by Crippen LogP contribution is 2.55. The zero-order valence-corrected chi connectivity index (χ0v) is 76.5. The lowest BCUT2D eigenvalue weighted by Crippen LogP contribution is -2.17. The van der Waals surface area contributed by atoms with Gasteiger partial charge in [-0.3, -0.25) is 0 Å². The van der Waals surface area contributed by atoms with Crippen LogP contribution < -0.4 is 0 Å². The molecule has 30 rings (SSSR count). The van der Waals surface area contributed by atoms with Crippen molar-refractivity contribution in [2.75, 3.05) is 0 Å². The SMILES string of the molecule is CC1(C)c2ccccc2-c2cc(-c3nc(-n4c5ncccc5c5cccnc54)nc(-n4c5ncccc5c5cccnc54)n3)ccc21.CC1(C)c2ccccc2-c2ccc(-c3nc(-n4c5ncccc5c5cccnc54)nc(-n4c5ncccc5c5cccnc54)n3)cc21.CC1(C)c2ccccc2-c2cccc(-c3nc(-n4c5ncccc5c5cccnc54)nc(-n4c5ncccc5c5cccnc54)n3)c21. The average molecular weight is 1820 g/mol. The van der Waals surface area contributed by atoms with Crippen molar-refractivity contribution < 1.29 is 0 Å². The summed E-state index contributed by atoms with van der Waals surface area (Å²) in [6, 6.07) is 93.1. The zero-order chi connectivity index (χ0) is 93.8. The molecule has 0 saturated carbocycles. The molecule has 3 aliphatic carbocycles. The Bertz CT molecular complexity index is 9290. The van der Waals surface area contributed by atoms with Gasteiger partial charge in [0, 0.05) is 172 Å². The van der Waals surface area contributed by atoms with Crippen LogP contribution in [0.3, 0.4) is 0 Å². The third-order valence-electron chi connectivity index (χ3n) is 28.3. The Labute approximate surface area is 801 Å². The summed E-state index contributed by atoms with van der Waals surface area (Å²) in [4.78, 5) is 104. The van der Waals surface area contributed by atoms with Crippen LogP contribution in [-0.2, 0) is 16.2 Å². The van der Waals surface area contributed by atoms with E-state index in [9.17, 15) is 0 Å². The predicted molar refractivity (Wildman–Crippen MR) is 548 cm³/mol. The molecule has 21 aromatic heterocycles. The van der Waals surface area contributed by atoms with Gasteiger partial charge >= 0.3 is 0 Å². The van der Waals surface area contributed by atoms with Gasteiger partial charge < -0.3 is 0 Å². The number of fused-ring (bicyclic) bond motifs is 27. The second-order valence-corrected chi connectivity index (χ2v) is 37.0. The first-order valence-corrected chi connectivity index (χ1v) is 46.5. The van der Waals surface area contributed by atoms with Crippen molar-refractivity contribution in [3.05, 3.63) is 381 Å². The summed E-state index contributed by atoms with van der Waals surface area (Å²) in [6.45, 7) is 13.6. The van der Waals surface area contributed by atoms with E-state index in [-0.39, 0.29) is 16.2 Å². The smallest absolute Gasteiger partial charge is 0.242 e. The molecule has 0 N–H and O–H groups in total. The largest absolute Gasteiger partial charge is 0.245 e. The third-order valence-corrected chi connectivity index (χ3v) is 28.3. The molecule has 21 heterocycles. The second-order valence-electron chi connectivity index (χ2n) is 37.0. The molecule has 27 nitrogen and oxygen atoms in total. The van der Waals surface area contributed by atoms with Crippen LogP contribution >= 0.6 is 0 Å². The maximum atomic E-state index is 5.23. The second kappa shape index (κ2) is 30.5. The number of pyridine rings is 12. The quantitative estimate of drug-likeness (QED) is 0.130. The molecular formula is C114H75N27. The Morgan fingerprint density at radius 1 is 0.163 bits per heavy atom. The standard InChI is InChI=1S/3C38H25N9/c1-38(2)29-17-4-3-10-22(29)23-11-5-12-28(30(23)38)31-43-36(46-32-24(13-6-18-39-32)25-14-7-19-40-33(25)46)45-37(44-31)47-34-26(15-8-20-41-34)27-16-9-21-42-35(27)47;1-38(2)29-14-4-3-9-23(29)24-16-15-22(21-30(24)38)31-43-36(46-32-25(10-5-17-39-32)26-11-6-18-40-33(26)46)45-37(44-31)47-34-27(12-7-19-41-34)28-13-8-20-42-35(28)47;1-38(2)29-14-4-3-9-23(29)28-21-22(15-16-30(28)38)31-43-36(46-32-24(10-5-17-39-32)25-11-6-18-40-33(25)46)45-37(44-31)47-34-26(12-7-19-41-34)27-13-8-20-42-35(27)47/h3*3-21H,1-2H3. The molecule has 0 bridgehead atoms. The Kier molecular flexibility index (Phi) is 17.4. The normalized spacial score (nSPS) is 13.5. The van der Waals surface area contributed by atoms with Crippen LogP contribution in [0, 0.1) is 0 Å². The van der Waals surface area contributed by atoms with Crippen LogP contribution in [0.5, 0.6) is 0 Å². The molecule has 0 radical (unpaired) electrons. The van der Waals surface area contributed by atoms with E-state index >= 15 is 0 Å². The van der Waals surface area contributed by atoms with E-state index in [0.29, 0.717) is 121 Å². The van der Waals surface area contributed by atoms with E-state index in [1.54, 1.807) is 74.4 Å². The molecule has 141 heavy (non-hydrogen) atoms. The van der Waals surface area contributed by atoms with Gasteiger partial charge in [0.2, 0.25) is 35.7 Å². The van der Waals surface area contributed by atoms with Gasteiger partial charge in [-0.2, -0.15) is 44.9 Å². The number of aromatic nitrogens is 27. The maximum absolute atomic E-state index is 5.23. The molecule has 27 aromatic rings. The van der Waals surface area contributed by atoms with Gasteiger partial charge in [-0.15, -0.1) is 0 Å². The molecule has 0 amide bonds. The molecule has 6 aromatic carbocycles. The van der Waals surface area contributed by atoms with Crippen LogP contribution in [0.25, 0.3) is 236 Å². The molecule has 3 aliphatic rings. The first-order chi connectivity index (χ1) is 69.2. The van der Waals surface area contributed by atoms with E-state index < -0.39 is 0 Å². The molecule has 0 aliphatic heterocycles. The van der Waals surface area contributed by atoms with E-state index in [4.69, 9.17) is 105 Å². The minimum atomic E-state index is -0.276. The van der Waals surface area contributed by atoms with Crippen molar-refractivity contribution in [1.82, 2.24) is 132 Å². The first-order valence-electron chi connectivity index (χ1n) is 46.5. The highest BCUT2D eigenvalue weighted by Gasteiger charge is 2.41. The van der Waals surface area contributed by atoms with Gasteiger partial charge in [0.1, 0.15) is 67.8 Å². The first kappa shape index (κ1) is 80.4. The van der Waals surface area contributed by atoms with Gasteiger partial charge in [0.05, 0.1) is 0 Å². The van der Waals surface area contributed by atoms with Crippen molar-refractivity contribution in [3.8, 4) is 103 Å². The van der Waals surface area contributed by atoms with Crippen LogP contribution in [0.15, 0.2) is 347 Å². The fraction of sp³-hybridized carbons (Fsp3) is 0.0789. The molecule has 0 unspecified atom stereocenters. The Morgan fingerprint density at radius 3 is 0.688 bits per heavy atom. The minimum Gasteiger partial charge on any atom is -0.245 e. The number of hydrogen-bond acceptors (Lipinski definition) is 21. The molecule has 0 saturated heterocycles. The van der Waals surface area contributed by atoms with Crippen LogP contribution in [0.2, 0.25) is 0 Å². The van der Waals surface area contributed by atoms with Crippen molar-refractivity contribution in [1.29, 1.82) is 0 Å². The van der Waals surface area contributed by atoms with Gasteiger partial charge in [0.25, 0.3) is 0 Å². The van der Waals surface area contributed by atoms with E-state index in [1.165, 1.54) is 66.8 Å². The molecular weight excluding hydrogens is 1750 g/mol. The summed E-state index contributed by atoms with van der Waals surface area (Å²) in [5, 5.41) is 11.6. The Hall–Kier alpha value is -19.1. The Balaban J connectivity index is 0.000000104. The topological polar surface area (TPSA) is 300 Å². The van der Waals surface area contributed by atoms with Gasteiger partial charge in [-0.1, -0.05) is 157 Å². The van der Waals surface area contributed by atoms with Gasteiger partial charge in [-0.25, -0.2) is 87.2 Å². The molecule has 0 spiro atoms. The fourth-order valence-electron chi connectivity index (χ4n) is 21.9. The van der Waals surface area contributed by atoms with Crippen molar-refractivity contribution in [3.63, 3.8) is 0 Å². The zero-order valence-electron chi connectivity index (χ0n) is 76.5. The Morgan fingerprint density at radius 2 is 0.383 bits per heavy atom.